The standard InChI is InChI=1S/C15H22N2O3/c1-3-9-16(11-14(18)20-4-2)15(19)13-6-5-10-17(13)12-7-8-12/h5-6,10,12H,3-4,7-9,11H2,1-2H3. The lowest BCUT2D eigenvalue weighted by molar-refractivity contribution is -0.143. The topological polar surface area (TPSA) is 51.5 Å². The lowest BCUT2D eigenvalue weighted by Crippen LogP contribution is -2.38. The van der Waals surface area contributed by atoms with E-state index in [1.54, 1.807) is 11.8 Å². The summed E-state index contributed by atoms with van der Waals surface area (Å²) >= 11 is 0. The van der Waals surface area contributed by atoms with Crippen molar-refractivity contribution in [2.24, 2.45) is 0 Å². The predicted octanol–water partition coefficient (Wildman–Crippen LogP) is 2.24. The number of aromatic nitrogens is 1. The summed E-state index contributed by atoms with van der Waals surface area (Å²) in [6.45, 7) is 4.68. The average Bonchev–Trinajstić information content (AvgIpc) is 3.15. The number of hydrogen-bond acceptors (Lipinski definition) is 3. The Morgan fingerprint density at radius 3 is 2.75 bits per heavy atom. The zero-order chi connectivity index (χ0) is 14.5. The minimum absolute atomic E-state index is 0.0242. The van der Waals surface area contributed by atoms with Crippen LogP contribution in [-0.4, -0.2) is 41.0 Å². The molecule has 1 aromatic heterocycles. The van der Waals surface area contributed by atoms with Gasteiger partial charge in [-0.05, 0) is 38.3 Å². The first-order chi connectivity index (χ1) is 9.67. The molecule has 1 aromatic rings. The van der Waals surface area contributed by atoms with E-state index in [-0.39, 0.29) is 18.4 Å². The van der Waals surface area contributed by atoms with Gasteiger partial charge in [0.05, 0.1) is 6.61 Å². The predicted molar refractivity (Wildman–Crippen MR) is 75.5 cm³/mol. The average molecular weight is 278 g/mol. The molecule has 1 saturated carbocycles. The van der Waals surface area contributed by atoms with Crippen molar-refractivity contribution in [2.75, 3.05) is 19.7 Å². The number of ether oxygens (including phenoxy) is 1. The van der Waals surface area contributed by atoms with Crippen LogP contribution in [0.2, 0.25) is 0 Å². The van der Waals surface area contributed by atoms with Crippen molar-refractivity contribution in [3.8, 4) is 0 Å². The number of esters is 1. The SMILES string of the molecule is CCCN(CC(=O)OCC)C(=O)c1cccn1C1CC1. The molecular weight excluding hydrogens is 256 g/mol. The molecule has 1 aliphatic carbocycles. The van der Waals surface area contributed by atoms with Gasteiger partial charge in [0.2, 0.25) is 0 Å². The van der Waals surface area contributed by atoms with Crippen molar-refractivity contribution in [1.29, 1.82) is 0 Å². The van der Waals surface area contributed by atoms with Gasteiger partial charge >= 0.3 is 5.97 Å². The molecule has 0 aliphatic heterocycles. The van der Waals surface area contributed by atoms with Crippen LogP contribution in [0.5, 0.6) is 0 Å². The van der Waals surface area contributed by atoms with E-state index in [1.807, 2.05) is 29.8 Å². The van der Waals surface area contributed by atoms with Gasteiger partial charge in [-0.25, -0.2) is 0 Å². The zero-order valence-electron chi connectivity index (χ0n) is 12.2. The Kier molecular flexibility index (Phi) is 4.82. The minimum Gasteiger partial charge on any atom is -0.465 e. The van der Waals surface area contributed by atoms with Gasteiger partial charge in [-0.1, -0.05) is 6.92 Å². The minimum atomic E-state index is -0.348. The van der Waals surface area contributed by atoms with Crippen molar-refractivity contribution in [2.45, 2.75) is 39.2 Å². The Morgan fingerprint density at radius 2 is 2.15 bits per heavy atom. The molecule has 5 heteroatoms. The van der Waals surface area contributed by atoms with Gasteiger partial charge in [0.15, 0.2) is 0 Å². The number of nitrogens with zero attached hydrogens (tertiary/aromatic N) is 2. The summed E-state index contributed by atoms with van der Waals surface area (Å²) in [4.78, 5) is 25.8. The second-order valence-electron chi connectivity index (χ2n) is 5.06. The highest BCUT2D eigenvalue weighted by atomic mass is 16.5. The summed E-state index contributed by atoms with van der Waals surface area (Å²) in [5.74, 6) is -0.435. The van der Waals surface area contributed by atoms with Gasteiger partial charge in [0, 0.05) is 18.8 Å². The van der Waals surface area contributed by atoms with E-state index < -0.39 is 0 Å². The smallest absolute Gasteiger partial charge is 0.325 e. The van der Waals surface area contributed by atoms with E-state index in [0.717, 1.165) is 19.3 Å². The third-order valence-corrected chi connectivity index (χ3v) is 3.34. The van der Waals surface area contributed by atoms with Crippen LogP contribution in [0.1, 0.15) is 49.6 Å². The molecule has 20 heavy (non-hydrogen) atoms. The fraction of sp³-hybridized carbons (Fsp3) is 0.600. The summed E-state index contributed by atoms with van der Waals surface area (Å²) in [6, 6.07) is 4.17. The molecule has 0 saturated heterocycles. The van der Waals surface area contributed by atoms with Crippen LogP contribution in [0.4, 0.5) is 0 Å². The molecule has 0 aromatic carbocycles. The Balaban J connectivity index is 2.09. The van der Waals surface area contributed by atoms with Gasteiger partial charge in [-0.2, -0.15) is 0 Å². The fourth-order valence-corrected chi connectivity index (χ4v) is 2.29. The summed E-state index contributed by atoms with van der Waals surface area (Å²) < 4.78 is 6.96. The number of amides is 1. The maximum atomic E-state index is 12.6. The Morgan fingerprint density at radius 1 is 1.40 bits per heavy atom. The van der Waals surface area contributed by atoms with Crippen molar-refractivity contribution in [3.63, 3.8) is 0 Å². The molecule has 1 amide bonds. The molecular formula is C15H22N2O3. The summed E-state index contributed by atoms with van der Waals surface area (Å²) in [5.41, 5.74) is 0.672. The van der Waals surface area contributed by atoms with Crippen LogP contribution < -0.4 is 0 Å². The van der Waals surface area contributed by atoms with Gasteiger partial charge in [0.1, 0.15) is 12.2 Å². The quantitative estimate of drug-likeness (QED) is 0.719. The summed E-state index contributed by atoms with van der Waals surface area (Å²) in [6.07, 6.45) is 5.01. The molecule has 0 unspecified atom stereocenters. The molecule has 0 spiro atoms. The van der Waals surface area contributed by atoms with Crippen molar-refractivity contribution in [1.82, 2.24) is 9.47 Å². The second-order valence-corrected chi connectivity index (χ2v) is 5.06. The van der Waals surface area contributed by atoms with Crippen LogP contribution in [-0.2, 0) is 9.53 Å². The number of hydrogen-bond donors (Lipinski definition) is 0. The lowest BCUT2D eigenvalue weighted by Gasteiger charge is -2.21. The Hall–Kier alpha value is -1.78. The van der Waals surface area contributed by atoms with Crippen LogP contribution in [0.3, 0.4) is 0 Å². The molecule has 0 bridgehead atoms. The first-order valence-electron chi connectivity index (χ1n) is 7.29. The molecule has 0 radical (unpaired) electrons. The van der Waals surface area contributed by atoms with E-state index in [4.69, 9.17) is 4.74 Å². The maximum absolute atomic E-state index is 12.6. The highest BCUT2D eigenvalue weighted by molar-refractivity contribution is 5.94. The van der Waals surface area contributed by atoms with Crippen LogP contribution >= 0.6 is 0 Å². The highest BCUT2D eigenvalue weighted by Gasteiger charge is 2.29. The molecule has 110 valence electrons. The number of rotatable bonds is 7. The molecule has 1 heterocycles. The summed E-state index contributed by atoms with van der Waals surface area (Å²) in [7, 11) is 0. The van der Waals surface area contributed by atoms with Crippen LogP contribution in [0.25, 0.3) is 0 Å². The molecule has 0 N–H and O–H groups in total. The third-order valence-electron chi connectivity index (χ3n) is 3.34. The van der Waals surface area contributed by atoms with Crippen LogP contribution in [0.15, 0.2) is 18.3 Å². The first-order valence-corrected chi connectivity index (χ1v) is 7.29. The van der Waals surface area contributed by atoms with Crippen molar-refractivity contribution < 1.29 is 14.3 Å². The normalized spacial score (nSPS) is 14.1. The van der Waals surface area contributed by atoms with E-state index in [2.05, 4.69) is 0 Å². The number of carbonyl (C=O) groups excluding carboxylic acids is 2. The van der Waals surface area contributed by atoms with Gasteiger partial charge in [-0.3, -0.25) is 9.59 Å². The molecule has 2 rings (SSSR count). The van der Waals surface area contributed by atoms with Gasteiger partial charge < -0.3 is 14.2 Å². The highest BCUT2D eigenvalue weighted by Crippen LogP contribution is 2.36. The molecule has 0 atom stereocenters. The van der Waals surface area contributed by atoms with E-state index >= 15 is 0 Å². The summed E-state index contributed by atoms with van der Waals surface area (Å²) in [5, 5.41) is 0. The largest absolute Gasteiger partial charge is 0.465 e. The van der Waals surface area contributed by atoms with Crippen molar-refractivity contribution >= 4 is 11.9 Å². The number of carbonyl (C=O) groups is 2. The van der Waals surface area contributed by atoms with Gasteiger partial charge in [-0.15, -0.1) is 0 Å². The fourth-order valence-electron chi connectivity index (χ4n) is 2.29. The Labute approximate surface area is 119 Å². The molecule has 1 aliphatic rings. The van der Waals surface area contributed by atoms with E-state index in [1.165, 1.54) is 0 Å². The lowest BCUT2D eigenvalue weighted by atomic mass is 10.3. The maximum Gasteiger partial charge on any atom is 0.325 e. The van der Waals surface area contributed by atoms with Crippen molar-refractivity contribution in [3.05, 3.63) is 24.0 Å². The Bertz CT molecular complexity index is 477. The first kappa shape index (κ1) is 14.6. The zero-order valence-corrected chi connectivity index (χ0v) is 12.2. The second kappa shape index (κ2) is 6.59. The third kappa shape index (κ3) is 3.40. The molecule has 1 fully saturated rings. The van der Waals surface area contributed by atoms with Crippen LogP contribution in [0, 0.1) is 0 Å². The van der Waals surface area contributed by atoms with Gasteiger partial charge in [0.25, 0.3) is 5.91 Å². The van der Waals surface area contributed by atoms with E-state index in [0.29, 0.717) is 24.9 Å². The molecule has 5 nitrogen and oxygen atoms in total. The monoisotopic (exact) mass is 278 g/mol. The van der Waals surface area contributed by atoms with E-state index in [9.17, 15) is 9.59 Å².